The summed E-state index contributed by atoms with van der Waals surface area (Å²) in [5, 5.41) is 9.69. The highest BCUT2D eigenvalue weighted by Crippen LogP contribution is 2.32. The van der Waals surface area contributed by atoms with E-state index in [1.54, 1.807) is 12.1 Å². The standard InChI is InChI=1S/C20H23NO4S2/c1-14-6-7-15(2)16(12-14)13-17(20(22)23)18-8-9-19(26-18)27(24,25)21-10-4-3-5-11-21/h6-9,12-13H,3-5,10-11H2,1-2H3,(H,22,23). The maximum absolute atomic E-state index is 12.8. The molecular weight excluding hydrogens is 382 g/mol. The van der Waals surface area contributed by atoms with Gasteiger partial charge in [0.2, 0.25) is 0 Å². The lowest BCUT2D eigenvalue weighted by Crippen LogP contribution is -2.35. The number of carboxylic acid groups (broad SMARTS) is 1. The zero-order chi connectivity index (χ0) is 19.6. The van der Waals surface area contributed by atoms with Crippen molar-refractivity contribution in [3.05, 3.63) is 51.9 Å². The molecule has 3 rings (SSSR count). The minimum atomic E-state index is -3.56. The highest BCUT2D eigenvalue weighted by Gasteiger charge is 2.28. The largest absolute Gasteiger partial charge is 0.478 e. The number of piperidine rings is 1. The molecule has 27 heavy (non-hydrogen) atoms. The van der Waals surface area contributed by atoms with Crippen LogP contribution in [0.5, 0.6) is 0 Å². The van der Waals surface area contributed by atoms with Crippen LogP contribution in [0.3, 0.4) is 0 Å². The molecule has 0 amide bonds. The smallest absolute Gasteiger partial charge is 0.337 e. The van der Waals surface area contributed by atoms with Crippen molar-refractivity contribution >= 4 is 39.0 Å². The fraction of sp³-hybridized carbons (Fsp3) is 0.350. The number of carboxylic acids is 1. The molecule has 7 heteroatoms. The predicted octanol–water partition coefficient (Wildman–Crippen LogP) is 4.16. The number of hydrogen-bond donors (Lipinski definition) is 1. The molecule has 1 aromatic carbocycles. The van der Waals surface area contributed by atoms with Gasteiger partial charge in [-0.25, -0.2) is 13.2 Å². The SMILES string of the molecule is Cc1ccc(C)c(C=C(C(=O)O)c2ccc(S(=O)(=O)N3CCCCC3)s2)c1. The van der Waals surface area contributed by atoms with Crippen molar-refractivity contribution in [3.63, 3.8) is 0 Å². The second-order valence-electron chi connectivity index (χ2n) is 6.81. The third-order valence-electron chi connectivity index (χ3n) is 4.72. The van der Waals surface area contributed by atoms with Gasteiger partial charge in [-0.2, -0.15) is 4.31 Å². The molecule has 1 aromatic heterocycles. The molecule has 1 saturated heterocycles. The van der Waals surface area contributed by atoms with E-state index in [0.717, 1.165) is 47.3 Å². The molecule has 0 radical (unpaired) electrons. The van der Waals surface area contributed by atoms with Gasteiger partial charge in [-0.05, 0) is 56.0 Å². The molecule has 0 bridgehead atoms. The van der Waals surface area contributed by atoms with Gasteiger partial charge in [0.05, 0.1) is 5.57 Å². The van der Waals surface area contributed by atoms with E-state index in [1.807, 2.05) is 32.0 Å². The molecule has 5 nitrogen and oxygen atoms in total. The molecule has 1 aliphatic rings. The van der Waals surface area contributed by atoms with Gasteiger partial charge in [0, 0.05) is 18.0 Å². The summed E-state index contributed by atoms with van der Waals surface area (Å²) in [6.07, 6.45) is 4.39. The summed E-state index contributed by atoms with van der Waals surface area (Å²) in [5.74, 6) is -1.07. The first-order chi connectivity index (χ1) is 12.8. The van der Waals surface area contributed by atoms with Crippen LogP contribution in [0.1, 0.15) is 40.8 Å². The first-order valence-corrected chi connectivity index (χ1v) is 11.2. The first kappa shape index (κ1) is 19.8. The van der Waals surface area contributed by atoms with E-state index in [2.05, 4.69) is 0 Å². The maximum atomic E-state index is 12.8. The average molecular weight is 406 g/mol. The van der Waals surface area contributed by atoms with E-state index in [4.69, 9.17) is 0 Å². The third kappa shape index (κ3) is 4.31. The molecule has 0 spiro atoms. The van der Waals surface area contributed by atoms with Crippen molar-refractivity contribution in [3.8, 4) is 0 Å². The highest BCUT2D eigenvalue weighted by atomic mass is 32.2. The zero-order valence-electron chi connectivity index (χ0n) is 15.4. The first-order valence-electron chi connectivity index (χ1n) is 8.91. The van der Waals surface area contributed by atoms with Crippen LogP contribution >= 0.6 is 11.3 Å². The van der Waals surface area contributed by atoms with Crippen molar-refractivity contribution in [2.24, 2.45) is 0 Å². The van der Waals surface area contributed by atoms with Gasteiger partial charge in [0.25, 0.3) is 10.0 Å². The highest BCUT2D eigenvalue weighted by molar-refractivity contribution is 7.91. The Labute approximate surface area is 164 Å². The predicted molar refractivity (Wildman–Crippen MR) is 108 cm³/mol. The minimum Gasteiger partial charge on any atom is -0.478 e. The topological polar surface area (TPSA) is 74.7 Å². The molecule has 1 N–H and O–H groups in total. The van der Waals surface area contributed by atoms with Crippen molar-refractivity contribution in [2.45, 2.75) is 37.3 Å². The van der Waals surface area contributed by atoms with E-state index < -0.39 is 16.0 Å². The molecule has 2 heterocycles. The van der Waals surface area contributed by atoms with Gasteiger partial charge in [-0.1, -0.05) is 30.2 Å². The van der Waals surface area contributed by atoms with E-state index in [0.29, 0.717) is 18.0 Å². The Hall–Kier alpha value is -1.96. The molecular formula is C20H23NO4S2. The van der Waals surface area contributed by atoms with Crippen molar-refractivity contribution in [1.82, 2.24) is 4.31 Å². The Morgan fingerprint density at radius 1 is 1.11 bits per heavy atom. The van der Waals surface area contributed by atoms with Crippen molar-refractivity contribution < 1.29 is 18.3 Å². The molecule has 0 aliphatic carbocycles. The number of hydrogen-bond acceptors (Lipinski definition) is 4. The fourth-order valence-corrected chi connectivity index (χ4v) is 6.13. The Morgan fingerprint density at radius 2 is 1.81 bits per heavy atom. The lowest BCUT2D eigenvalue weighted by Gasteiger charge is -2.25. The molecule has 1 fully saturated rings. The number of nitrogens with zero attached hydrogens (tertiary/aromatic N) is 1. The quantitative estimate of drug-likeness (QED) is 0.758. The Bertz CT molecular complexity index is 983. The molecule has 1 aliphatic heterocycles. The van der Waals surface area contributed by atoms with Crippen LogP contribution < -0.4 is 0 Å². The number of rotatable bonds is 5. The lowest BCUT2D eigenvalue weighted by molar-refractivity contribution is -0.130. The number of aryl methyl sites for hydroxylation is 2. The minimum absolute atomic E-state index is 0.105. The van der Waals surface area contributed by atoms with E-state index in [9.17, 15) is 18.3 Å². The number of sulfonamides is 1. The summed E-state index contributed by atoms with van der Waals surface area (Å²) in [4.78, 5) is 12.3. The Kier molecular flexibility index (Phi) is 5.83. The van der Waals surface area contributed by atoms with Gasteiger partial charge < -0.3 is 5.11 Å². The van der Waals surface area contributed by atoms with Crippen LogP contribution in [-0.2, 0) is 14.8 Å². The van der Waals surface area contributed by atoms with Crippen LogP contribution in [0, 0.1) is 13.8 Å². The Morgan fingerprint density at radius 3 is 2.48 bits per heavy atom. The summed E-state index contributed by atoms with van der Waals surface area (Å²) in [6, 6.07) is 8.95. The normalized spacial score (nSPS) is 16.4. The number of thiophene rings is 1. The molecule has 144 valence electrons. The monoisotopic (exact) mass is 405 g/mol. The van der Waals surface area contributed by atoms with Gasteiger partial charge in [-0.3, -0.25) is 0 Å². The molecule has 0 unspecified atom stereocenters. The van der Waals surface area contributed by atoms with Gasteiger partial charge >= 0.3 is 5.97 Å². The summed E-state index contributed by atoms with van der Waals surface area (Å²) in [7, 11) is -3.56. The number of benzene rings is 1. The third-order valence-corrected chi connectivity index (χ3v) is 8.21. The van der Waals surface area contributed by atoms with Crippen molar-refractivity contribution in [1.29, 1.82) is 0 Å². The van der Waals surface area contributed by atoms with Crippen LogP contribution in [0.15, 0.2) is 34.5 Å². The summed E-state index contributed by atoms with van der Waals surface area (Å²) in [6.45, 7) is 4.93. The maximum Gasteiger partial charge on any atom is 0.337 e. The van der Waals surface area contributed by atoms with E-state index in [-0.39, 0.29) is 9.78 Å². The van der Waals surface area contributed by atoms with Gasteiger partial charge in [0.1, 0.15) is 4.21 Å². The van der Waals surface area contributed by atoms with E-state index >= 15 is 0 Å². The molecule has 0 atom stereocenters. The summed E-state index contributed by atoms with van der Waals surface area (Å²) in [5.41, 5.74) is 2.93. The molecule has 0 saturated carbocycles. The summed E-state index contributed by atoms with van der Waals surface area (Å²) < 4.78 is 27.3. The second kappa shape index (κ2) is 7.96. The second-order valence-corrected chi connectivity index (χ2v) is 10.1. The molecule has 2 aromatic rings. The average Bonchev–Trinajstić information content (AvgIpc) is 3.13. The van der Waals surface area contributed by atoms with Crippen molar-refractivity contribution in [2.75, 3.05) is 13.1 Å². The number of carbonyl (C=O) groups is 1. The van der Waals surface area contributed by atoms with Crippen LogP contribution in [0.4, 0.5) is 0 Å². The van der Waals surface area contributed by atoms with Crippen LogP contribution in [0.2, 0.25) is 0 Å². The van der Waals surface area contributed by atoms with Crippen LogP contribution in [-0.4, -0.2) is 36.9 Å². The van der Waals surface area contributed by atoms with E-state index in [1.165, 1.54) is 10.4 Å². The van der Waals surface area contributed by atoms with Crippen LogP contribution in [0.25, 0.3) is 11.6 Å². The zero-order valence-corrected chi connectivity index (χ0v) is 17.1. The Balaban J connectivity index is 1.98. The summed E-state index contributed by atoms with van der Waals surface area (Å²) >= 11 is 1.02. The van der Waals surface area contributed by atoms with Gasteiger partial charge in [0.15, 0.2) is 0 Å². The lowest BCUT2D eigenvalue weighted by atomic mass is 10.0. The fourth-order valence-electron chi connectivity index (χ4n) is 3.15. The number of aliphatic carboxylic acids is 1. The van der Waals surface area contributed by atoms with Gasteiger partial charge in [-0.15, -0.1) is 11.3 Å².